The molecule has 1 saturated heterocycles. The molecule has 1 fully saturated rings. The van der Waals surface area contributed by atoms with E-state index in [1.165, 1.54) is 0 Å². The highest BCUT2D eigenvalue weighted by Crippen LogP contribution is 2.29. The lowest BCUT2D eigenvalue weighted by Crippen LogP contribution is -2.46. The van der Waals surface area contributed by atoms with Gasteiger partial charge in [-0.3, -0.25) is 0 Å². The van der Waals surface area contributed by atoms with Crippen molar-refractivity contribution in [3.8, 4) is 0 Å². The number of nitrogens with one attached hydrogen (secondary N) is 1. The van der Waals surface area contributed by atoms with Crippen LogP contribution in [-0.4, -0.2) is 55.7 Å². The zero-order valence-electron chi connectivity index (χ0n) is 16.2. The van der Waals surface area contributed by atoms with Crippen LogP contribution in [0.5, 0.6) is 0 Å². The Morgan fingerprint density at radius 1 is 1.24 bits per heavy atom. The standard InChI is InChI=1S/C18H26N4O2S2.3ClH/c1-14-13-20-8-2-3-10-22(14)26(23,24)16-4-5-17-15(12-16)6-9-21-18(17)25-11-7-19;;;/h4-6,9,12,14,20H,2-3,7-8,10-11,13,19H2,1H3;3*1H. The summed E-state index contributed by atoms with van der Waals surface area (Å²) < 4.78 is 28.1. The number of pyridine rings is 1. The van der Waals surface area contributed by atoms with Crippen LogP contribution in [0.1, 0.15) is 19.8 Å². The first-order valence-corrected chi connectivity index (χ1v) is 11.4. The summed E-state index contributed by atoms with van der Waals surface area (Å²) in [6.07, 6.45) is 3.58. The number of sulfonamides is 1. The van der Waals surface area contributed by atoms with Crippen LogP contribution in [0.15, 0.2) is 40.4 Å². The van der Waals surface area contributed by atoms with Crippen LogP contribution in [0.2, 0.25) is 0 Å². The maximum absolute atomic E-state index is 13.2. The minimum Gasteiger partial charge on any atom is -0.330 e. The molecule has 1 aromatic heterocycles. The second-order valence-corrected chi connectivity index (χ2v) is 9.49. The maximum Gasteiger partial charge on any atom is 0.243 e. The highest BCUT2D eigenvalue weighted by molar-refractivity contribution is 7.99. The number of hydrogen-bond donors (Lipinski definition) is 2. The van der Waals surface area contributed by atoms with E-state index in [9.17, 15) is 8.42 Å². The maximum atomic E-state index is 13.2. The topological polar surface area (TPSA) is 88.3 Å². The number of rotatable bonds is 5. The SMILES string of the molecule is CC1CNCCCCN1S(=O)(=O)c1ccc2c(SCCN)nccc2c1.Cl.Cl.Cl. The normalized spacial score (nSPS) is 17.9. The van der Waals surface area contributed by atoms with Gasteiger partial charge in [-0.25, -0.2) is 13.4 Å². The summed E-state index contributed by atoms with van der Waals surface area (Å²) >= 11 is 1.59. The monoisotopic (exact) mass is 502 g/mol. The van der Waals surface area contributed by atoms with Gasteiger partial charge in [-0.05, 0) is 49.9 Å². The highest BCUT2D eigenvalue weighted by atomic mass is 35.5. The van der Waals surface area contributed by atoms with Gasteiger partial charge in [0.2, 0.25) is 10.0 Å². The predicted octanol–water partition coefficient (Wildman–Crippen LogP) is 3.31. The van der Waals surface area contributed by atoms with E-state index in [4.69, 9.17) is 5.73 Å². The van der Waals surface area contributed by atoms with Gasteiger partial charge in [0, 0.05) is 43.0 Å². The van der Waals surface area contributed by atoms with Gasteiger partial charge in [-0.1, -0.05) is 6.07 Å². The Balaban J connectivity index is 0.00000261. The van der Waals surface area contributed by atoms with Crippen molar-refractivity contribution in [3.63, 3.8) is 0 Å². The molecule has 166 valence electrons. The van der Waals surface area contributed by atoms with E-state index >= 15 is 0 Å². The second-order valence-electron chi connectivity index (χ2n) is 6.51. The van der Waals surface area contributed by atoms with Gasteiger partial charge < -0.3 is 11.1 Å². The Kier molecular flexibility index (Phi) is 13.0. The van der Waals surface area contributed by atoms with Crippen molar-refractivity contribution in [2.75, 3.05) is 31.9 Å². The average Bonchev–Trinajstić information content (AvgIpc) is 2.62. The van der Waals surface area contributed by atoms with Gasteiger partial charge in [0.15, 0.2) is 0 Å². The minimum atomic E-state index is -3.53. The number of nitrogens with zero attached hydrogens (tertiary/aromatic N) is 2. The van der Waals surface area contributed by atoms with Gasteiger partial charge in [0.25, 0.3) is 0 Å². The molecule has 3 rings (SSSR count). The van der Waals surface area contributed by atoms with Crippen molar-refractivity contribution in [3.05, 3.63) is 30.5 Å². The fourth-order valence-corrected chi connectivity index (χ4v) is 5.70. The fraction of sp³-hybridized carbons (Fsp3) is 0.500. The summed E-state index contributed by atoms with van der Waals surface area (Å²) in [5, 5.41) is 6.06. The lowest BCUT2D eigenvalue weighted by Gasteiger charge is -2.30. The van der Waals surface area contributed by atoms with Crippen molar-refractivity contribution in [2.45, 2.75) is 35.7 Å². The fourth-order valence-electron chi connectivity index (χ4n) is 3.20. The minimum absolute atomic E-state index is 0. The van der Waals surface area contributed by atoms with E-state index in [0.29, 0.717) is 24.5 Å². The zero-order valence-corrected chi connectivity index (χ0v) is 20.3. The molecule has 1 aliphatic rings. The van der Waals surface area contributed by atoms with Crippen LogP contribution < -0.4 is 11.1 Å². The van der Waals surface area contributed by atoms with Gasteiger partial charge in [-0.15, -0.1) is 49.0 Å². The van der Waals surface area contributed by atoms with Crippen molar-refractivity contribution in [1.29, 1.82) is 0 Å². The van der Waals surface area contributed by atoms with Gasteiger partial charge >= 0.3 is 0 Å². The molecule has 2 aromatic rings. The first-order chi connectivity index (χ1) is 12.5. The van der Waals surface area contributed by atoms with Crippen molar-refractivity contribution in [2.24, 2.45) is 5.73 Å². The van der Waals surface area contributed by atoms with Crippen LogP contribution in [-0.2, 0) is 10.0 Å². The van der Waals surface area contributed by atoms with Crippen LogP contribution in [0.25, 0.3) is 10.8 Å². The molecule has 0 aliphatic carbocycles. The van der Waals surface area contributed by atoms with E-state index in [1.54, 1.807) is 34.4 Å². The molecule has 0 bridgehead atoms. The number of fused-ring (bicyclic) bond motifs is 1. The molecular weight excluding hydrogens is 475 g/mol. The van der Waals surface area contributed by atoms with Crippen molar-refractivity contribution < 1.29 is 8.42 Å². The third kappa shape index (κ3) is 6.83. The molecule has 29 heavy (non-hydrogen) atoms. The quantitative estimate of drug-likeness (QED) is 0.609. The summed E-state index contributed by atoms with van der Waals surface area (Å²) in [6, 6.07) is 7.12. The first kappa shape index (κ1) is 28.7. The molecule has 2 heterocycles. The Labute approximate surface area is 196 Å². The number of thioether (sulfide) groups is 1. The number of aromatic nitrogens is 1. The van der Waals surface area contributed by atoms with Crippen molar-refractivity contribution in [1.82, 2.24) is 14.6 Å². The van der Waals surface area contributed by atoms with Gasteiger partial charge in [0.05, 0.1) is 4.90 Å². The molecular formula is C18H29Cl3N4O2S2. The molecule has 6 nitrogen and oxygen atoms in total. The molecule has 1 aromatic carbocycles. The summed E-state index contributed by atoms with van der Waals surface area (Å²) in [5.74, 6) is 0.782. The van der Waals surface area contributed by atoms with E-state index in [0.717, 1.165) is 40.9 Å². The van der Waals surface area contributed by atoms with Gasteiger partial charge in [0.1, 0.15) is 5.03 Å². The van der Waals surface area contributed by atoms with Gasteiger partial charge in [-0.2, -0.15) is 4.31 Å². The lowest BCUT2D eigenvalue weighted by molar-refractivity contribution is 0.301. The van der Waals surface area contributed by atoms with Crippen LogP contribution in [0, 0.1) is 0 Å². The largest absolute Gasteiger partial charge is 0.330 e. The average molecular weight is 504 g/mol. The summed E-state index contributed by atoms with van der Waals surface area (Å²) in [7, 11) is -3.53. The molecule has 1 atom stereocenters. The molecule has 0 amide bonds. The van der Waals surface area contributed by atoms with E-state index in [2.05, 4.69) is 10.3 Å². The van der Waals surface area contributed by atoms with E-state index in [1.807, 2.05) is 19.1 Å². The second kappa shape index (κ2) is 13.2. The van der Waals surface area contributed by atoms with E-state index in [-0.39, 0.29) is 43.3 Å². The van der Waals surface area contributed by atoms with E-state index < -0.39 is 10.0 Å². The Morgan fingerprint density at radius 3 is 2.72 bits per heavy atom. The summed E-state index contributed by atoms with van der Waals surface area (Å²) in [4.78, 5) is 4.75. The van der Waals surface area contributed by atoms with Crippen molar-refractivity contribution >= 4 is 69.8 Å². The van der Waals surface area contributed by atoms with Crippen LogP contribution in [0.4, 0.5) is 0 Å². The molecule has 11 heteroatoms. The van der Waals surface area contributed by atoms with Crippen LogP contribution >= 0.6 is 49.0 Å². The number of hydrogen-bond acceptors (Lipinski definition) is 6. The number of benzene rings is 1. The zero-order chi connectivity index (χ0) is 18.6. The molecule has 0 radical (unpaired) electrons. The third-order valence-corrected chi connectivity index (χ3v) is 7.62. The highest BCUT2D eigenvalue weighted by Gasteiger charge is 2.29. The summed E-state index contributed by atoms with van der Waals surface area (Å²) in [5.41, 5.74) is 5.58. The molecule has 3 N–H and O–H groups in total. The molecule has 1 aliphatic heterocycles. The Hall–Kier alpha value is -0.320. The number of halogens is 3. The Bertz CT molecular complexity index is 871. The van der Waals surface area contributed by atoms with Crippen LogP contribution in [0.3, 0.4) is 0 Å². The Morgan fingerprint density at radius 2 is 2.00 bits per heavy atom. The first-order valence-electron chi connectivity index (χ1n) is 8.98. The lowest BCUT2D eigenvalue weighted by atomic mass is 10.2. The molecule has 0 saturated carbocycles. The number of nitrogens with two attached hydrogens (primary N) is 1. The predicted molar refractivity (Wildman–Crippen MR) is 129 cm³/mol. The molecule has 0 spiro atoms. The third-order valence-electron chi connectivity index (χ3n) is 4.58. The molecule has 1 unspecified atom stereocenters. The summed E-state index contributed by atoms with van der Waals surface area (Å²) in [6.45, 7) is 4.73. The smallest absolute Gasteiger partial charge is 0.243 e.